The van der Waals surface area contributed by atoms with E-state index in [1.807, 2.05) is 0 Å². The van der Waals surface area contributed by atoms with Gasteiger partial charge in [-0.2, -0.15) is 10.5 Å². The highest BCUT2D eigenvalue weighted by molar-refractivity contribution is 9.10. The first-order valence-corrected chi connectivity index (χ1v) is 8.13. The molecule has 122 valence electrons. The molecule has 1 saturated heterocycles. The van der Waals surface area contributed by atoms with Gasteiger partial charge in [0.1, 0.15) is 17.1 Å². The highest BCUT2D eigenvalue weighted by Crippen LogP contribution is 2.82. The van der Waals surface area contributed by atoms with E-state index in [-0.39, 0.29) is 23.0 Å². The third kappa shape index (κ3) is 1.43. The fourth-order valence-electron chi connectivity index (χ4n) is 4.05. The first-order valence-electron chi connectivity index (χ1n) is 7.33. The maximum Gasteiger partial charge on any atom is 0.293 e. The molecule has 0 bridgehead atoms. The van der Waals surface area contributed by atoms with Crippen LogP contribution >= 0.6 is 15.9 Å². The van der Waals surface area contributed by atoms with Crippen LogP contribution in [0.2, 0.25) is 0 Å². The number of fused-ring (bicyclic) bond motifs is 2. The third-order valence-corrected chi connectivity index (χ3v) is 5.69. The topological polar surface area (TPSA) is 104 Å². The summed E-state index contributed by atoms with van der Waals surface area (Å²) >= 11 is 3.14. The number of hydrogen-bond donors (Lipinski definition) is 1. The van der Waals surface area contributed by atoms with Crippen LogP contribution in [0, 0.1) is 39.3 Å². The maximum atomic E-state index is 13.6. The molecule has 2 heterocycles. The molecule has 1 aromatic rings. The number of rotatable bonds is 1. The van der Waals surface area contributed by atoms with E-state index in [2.05, 4.69) is 33.1 Å². The van der Waals surface area contributed by atoms with E-state index < -0.39 is 28.5 Å². The standard InChI is InChI=1S/C16H12BrFN4O2/c1-8-5-23-16(24-8)15(7-20)12(14(15,6-19)13(21)22-16)9-2-3-11(18)10(17)4-9/h2-4,8,12H,5H2,1H3,(H2,21,22). The van der Waals surface area contributed by atoms with Gasteiger partial charge in [-0.1, -0.05) is 6.07 Å². The molecular formula is C16H12BrFN4O2. The Hall–Kier alpha value is -2.00. The van der Waals surface area contributed by atoms with Gasteiger partial charge in [-0.05, 0) is 40.5 Å². The molecule has 1 aliphatic carbocycles. The van der Waals surface area contributed by atoms with E-state index in [9.17, 15) is 14.9 Å². The second-order valence-electron chi connectivity index (χ2n) is 6.26. The number of nitrogens with two attached hydrogens (primary N) is 1. The monoisotopic (exact) mass is 390 g/mol. The Morgan fingerprint density at radius 3 is 2.71 bits per heavy atom. The Kier molecular flexibility index (Phi) is 2.94. The SMILES string of the molecule is CC1COC2(N=C(N)C3(C#N)C(c4ccc(F)c(Br)c4)C23C#N)O1. The molecular weight excluding hydrogens is 379 g/mol. The molecule has 2 N–H and O–H groups in total. The molecule has 0 amide bonds. The van der Waals surface area contributed by atoms with Crippen molar-refractivity contribution >= 4 is 21.8 Å². The van der Waals surface area contributed by atoms with Crippen molar-refractivity contribution in [2.24, 2.45) is 21.6 Å². The summed E-state index contributed by atoms with van der Waals surface area (Å²) in [6.07, 6.45) is -0.275. The number of halogens is 2. The lowest BCUT2D eigenvalue weighted by atomic mass is 9.94. The molecule has 5 unspecified atom stereocenters. The zero-order chi connectivity index (χ0) is 17.3. The molecule has 1 spiro atoms. The molecule has 8 heteroatoms. The number of aliphatic imine (C=N–C) groups is 1. The van der Waals surface area contributed by atoms with Crippen LogP contribution in [0.3, 0.4) is 0 Å². The van der Waals surface area contributed by atoms with Crippen molar-refractivity contribution in [3.05, 3.63) is 34.1 Å². The van der Waals surface area contributed by atoms with Crippen molar-refractivity contribution < 1.29 is 13.9 Å². The first kappa shape index (κ1) is 15.5. The highest BCUT2D eigenvalue weighted by Gasteiger charge is 2.94. The molecule has 0 radical (unpaired) electrons. The summed E-state index contributed by atoms with van der Waals surface area (Å²) in [5, 5.41) is 19.8. The van der Waals surface area contributed by atoms with Gasteiger partial charge in [0.05, 0.1) is 29.3 Å². The van der Waals surface area contributed by atoms with Crippen LogP contribution in [0.25, 0.3) is 0 Å². The van der Waals surface area contributed by atoms with Crippen molar-refractivity contribution in [2.45, 2.75) is 24.9 Å². The van der Waals surface area contributed by atoms with Crippen LogP contribution in [0.4, 0.5) is 4.39 Å². The summed E-state index contributed by atoms with van der Waals surface area (Å²) in [6.45, 7) is 2.05. The van der Waals surface area contributed by atoms with Crippen molar-refractivity contribution in [1.29, 1.82) is 10.5 Å². The maximum absolute atomic E-state index is 13.6. The number of amidine groups is 1. The van der Waals surface area contributed by atoms with Crippen molar-refractivity contribution in [3.8, 4) is 12.1 Å². The predicted molar refractivity (Wildman–Crippen MR) is 83.8 cm³/mol. The van der Waals surface area contributed by atoms with Crippen molar-refractivity contribution in [2.75, 3.05) is 6.61 Å². The van der Waals surface area contributed by atoms with Crippen LogP contribution in [-0.4, -0.2) is 24.5 Å². The van der Waals surface area contributed by atoms with Gasteiger partial charge < -0.3 is 15.2 Å². The smallest absolute Gasteiger partial charge is 0.293 e. The Balaban J connectivity index is 1.92. The number of nitrogens with zero attached hydrogens (tertiary/aromatic N) is 3. The average molecular weight is 391 g/mol. The lowest BCUT2D eigenvalue weighted by Crippen LogP contribution is -2.39. The highest BCUT2D eigenvalue weighted by atomic mass is 79.9. The Bertz CT molecular complexity index is 878. The molecule has 6 nitrogen and oxygen atoms in total. The van der Waals surface area contributed by atoms with Crippen LogP contribution in [0.15, 0.2) is 27.7 Å². The lowest BCUT2D eigenvalue weighted by molar-refractivity contribution is -0.193. The minimum atomic E-state index is -1.59. The molecule has 2 fully saturated rings. The van der Waals surface area contributed by atoms with E-state index in [4.69, 9.17) is 15.2 Å². The summed E-state index contributed by atoms with van der Waals surface area (Å²) in [6, 6.07) is 8.73. The quantitative estimate of drug-likeness (QED) is 0.790. The van der Waals surface area contributed by atoms with E-state index in [0.717, 1.165) is 0 Å². The van der Waals surface area contributed by atoms with Crippen LogP contribution in [0.5, 0.6) is 0 Å². The van der Waals surface area contributed by atoms with E-state index >= 15 is 0 Å². The lowest BCUT2D eigenvalue weighted by Gasteiger charge is -2.26. The Labute approximate surface area is 145 Å². The number of benzene rings is 1. The van der Waals surface area contributed by atoms with Crippen LogP contribution in [0.1, 0.15) is 18.4 Å². The molecule has 2 aliphatic heterocycles. The van der Waals surface area contributed by atoms with Crippen LogP contribution in [-0.2, 0) is 9.47 Å². The third-order valence-electron chi connectivity index (χ3n) is 5.08. The fraction of sp³-hybridized carbons (Fsp3) is 0.438. The summed E-state index contributed by atoms with van der Waals surface area (Å²) in [5.41, 5.74) is 3.93. The predicted octanol–water partition coefficient (Wildman–Crippen LogP) is 2.17. The number of ether oxygens (including phenoxy) is 2. The zero-order valence-electron chi connectivity index (χ0n) is 12.6. The van der Waals surface area contributed by atoms with E-state index in [1.54, 1.807) is 19.1 Å². The van der Waals surface area contributed by atoms with Gasteiger partial charge in [0.2, 0.25) is 0 Å². The van der Waals surface area contributed by atoms with Gasteiger partial charge in [-0.3, -0.25) is 0 Å². The second kappa shape index (κ2) is 4.54. The molecule has 24 heavy (non-hydrogen) atoms. The molecule has 1 aromatic carbocycles. The molecule has 5 atom stereocenters. The second-order valence-corrected chi connectivity index (χ2v) is 7.12. The molecule has 4 rings (SSSR count). The summed E-state index contributed by atoms with van der Waals surface area (Å²) in [7, 11) is 0. The molecule has 0 aromatic heterocycles. The van der Waals surface area contributed by atoms with Gasteiger partial charge in [-0.15, -0.1) is 0 Å². The zero-order valence-corrected chi connectivity index (χ0v) is 14.2. The van der Waals surface area contributed by atoms with Gasteiger partial charge in [-0.25, -0.2) is 9.38 Å². The van der Waals surface area contributed by atoms with Gasteiger partial charge in [0, 0.05) is 5.92 Å². The van der Waals surface area contributed by atoms with Crippen molar-refractivity contribution in [3.63, 3.8) is 0 Å². The minimum absolute atomic E-state index is 0.0195. The number of hydrogen-bond acceptors (Lipinski definition) is 6. The van der Waals surface area contributed by atoms with Gasteiger partial charge in [0.15, 0.2) is 5.41 Å². The van der Waals surface area contributed by atoms with Crippen LogP contribution < -0.4 is 5.73 Å². The van der Waals surface area contributed by atoms with Gasteiger partial charge in [0.25, 0.3) is 5.91 Å². The first-order chi connectivity index (χ1) is 11.4. The Morgan fingerprint density at radius 2 is 2.17 bits per heavy atom. The normalized spacial score (nSPS) is 42.3. The van der Waals surface area contributed by atoms with Crippen molar-refractivity contribution in [1.82, 2.24) is 0 Å². The van der Waals surface area contributed by atoms with E-state index in [0.29, 0.717) is 5.56 Å². The number of nitriles is 2. The minimum Gasteiger partial charge on any atom is -0.386 e. The largest absolute Gasteiger partial charge is 0.386 e. The fourth-order valence-corrected chi connectivity index (χ4v) is 4.45. The average Bonchev–Trinajstić information content (AvgIpc) is 2.95. The van der Waals surface area contributed by atoms with E-state index in [1.165, 1.54) is 6.07 Å². The summed E-state index contributed by atoms with van der Waals surface area (Å²) < 4.78 is 25.4. The molecule has 3 aliphatic rings. The van der Waals surface area contributed by atoms with Gasteiger partial charge >= 0.3 is 0 Å². The Morgan fingerprint density at radius 1 is 1.42 bits per heavy atom. The summed E-state index contributed by atoms with van der Waals surface area (Å²) in [4.78, 5) is 4.22. The summed E-state index contributed by atoms with van der Waals surface area (Å²) in [5.74, 6) is -2.61. The molecule has 1 saturated carbocycles.